The molecule has 0 spiro atoms. The Labute approximate surface area is 104 Å². The van der Waals surface area contributed by atoms with Crippen molar-refractivity contribution < 1.29 is 18.9 Å². The predicted octanol–water partition coefficient (Wildman–Crippen LogP) is 0.870. The fourth-order valence-electron chi connectivity index (χ4n) is 1.70. The van der Waals surface area contributed by atoms with Gasteiger partial charge in [0.25, 0.3) is 0 Å². The topological polar surface area (TPSA) is 43.5 Å². The summed E-state index contributed by atoms with van der Waals surface area (Å²) in [6.45, 7) is 5.14. The van der Waals surface area contributed by atoms with Crippen LogP contribution in [0.15, 0.2) is 0 Å². The number of hydrogen-bond donors (Lipinski definition) is 0. The van der Waals surface area contributed by atoms with Crippen LogP contribution < -0.4 is 0 Å². The Hall–Kier alpha value is -0.0951. The van der Waals surface area contributed by atoms with E-state index in [0.29, 0.717) is 12.2 Å². The lowest BCUT2D eigenvalue weighted by Crippen LogP contribution is -2.05. The van der Waals surface area contributed by atoms with E-state index in [9.17, 15) is 0 Å². The molecule has 2 fully saturated rings. The van der Waals surface area contributed by atoms with Crippen LogP contribution in [0.2, 0.25) is 12.6 Å². The second kappa shape index (κ2) is 8.09. The number of epoxide rings is 2. The van der Waals surface area contributed by atoms with E-state index in [0.717, 1.165) is 39.6 Å². The fraction of sp³-hybridized carbons (Fsp3) is 1.00. The van der Waals surface area contributed by atoms with Gasteiger partial charge >= 0.3 is 0 Å². The molecule has 98 valence electrons. The second-order valence-corrected chi connectivity index (χ2v) is 4.83. The summed E-state index contributed by atoms with van der Waals surface area (Å²) in [7, 11) is 1.26. The average Bonchev–Trinajstić information content (AvgIpc) is 3.19. The zero-order valence-corrected chi connectivity index (χ0v) is 10.6. The molecule has 2 rings (SSSR count). The van der Waals surface area contributed by atoms with E-state index in [2.05, 4.69) is 0 Å². The van der Waals surface area contributed by atoms with E-state index in [1.54, 1.807) is 0 Å². The summed E-state index contributed by atoms with van der Waals surface area (Å²) in [5.41, 5.74) is 0. The zero-order chi connectivity index (χ0) is 11.8. The first-order valence-corrected chi connectivity index (χ1v) is 6.84. The maximum absolute atomic E-state index is 5.47. The minimum atomic E-state index is 0.405. The summed E-state index contributed by atoms with van der Waals surface area (Å²) in [5.74, 6) is 0. The van der Waals surface area contributed by atoms with E-state index >= 15 is 0 Å². The maximum Gasteiger partial charge on any atom is 0.123 e. The lowest BCUT2D eigenvalue weighted by Gasteiger charge is -2.02. The summed E-state index contributed by atoms with van der Waals surface area (Å²) < 4.78 is 21.1. The Morgan fingerprint density at radius 1 is 0.882 bits per heavy atom. The van der Waals surface area contributed by atoms with E-state index in [4.69, 9.17) is 18.9 Å². The highest BCUT2D eigenvalue weighted by molar-refractivity contribution is 6.35. The van der Waals surface area contributed by atoms with Crippen LogP contribution in [0.1, 0.15) is 12.8 Å². The van der Waals surface area contributed by atoms with Crippen molar-refractivity contribution in [1.82, 2.24) is 0 Å². The maximum atomic E-state index is 5.47. The average molecular weight is 242 g/mol. The second-order valence-electron chi connectivity index (χ2n) is 4.83. The molecule has 2 atom stereocenters. The third kappa shape index (κ3) is 7.76. The molecule has 0 aromatic heterocycles. The molecule has 0 saturated carbocycles. The van der Waals surface area contributed by atoms with Gasteiger partial charge in [-0.2, -0.15) is 0 Å². The molecule has 2 saturated heterocycles. The van der Waals surface area contributed by atoms with Crippen LogP contribution in [-0.4, -0.2) is 59.1 Å². The van der Waals surface area contributed by atoms with Crippen LogP contribution in [0, 0.1) is 0 Å². The smallest absolute Gasteiger partial charge is 0.123 e. The van der Waals surface area contributed by atoms with Gasteiger partial charge in [0, 0.05) is 13.2 Å². The lowest BCUT2D eigenvalue weighted by molar-refractivity contribution is 0.114. The minimum absolute atomic E-state index is 0.405. The molecule has 5 heteroatoms. The largest absolute Gasteiger partial charge is 0.379 e. The molecule has 2 unspecified atom stereocenters. The number of unbranched alkanes of at least 4 members (excludes halogenated alkanes) is 1. The van der Waals surface area contributed by atoms with Gasteiger partial charge in [-0.05, 0) is 6.42 Å². The monoisotopic (exact) mass is 242 g/mol. The Morgan fingerprint density at radius 2 is 1.53 bits per heavy atom. The molecule has 0 aromatic carbocycles. The molecule has 0 radical (unpaired) electrons. The van der Waals surface area contributed by atoms with Crippen molar-refractivity contribution in [2.75, 3.05) is 39.6 Å². The molecule has 17 heavy (non-hydrogen) atoms. The first-order chi connectivity index (χ1) is 8.45. The van der Waals surface area contributed by atoms with Crippen LogP contribution in [0.3, 0.4) is 0 Å². The molecule has 0 amide bonds. The van der Waals surface area contributed by atoms with Crippen LogP contribution in [0.25, 0.3) is 0 Å². The van der Waals surface area contributed by atoms with E-state index in [1.807, 2.05) is 0 Å². The minimum Gasteiger partial charge on any atom is -0.379 e. The van der Waals surface area contributed by atoms with Crippen LogP contribution in [0.5, 0.6) is 0 Å². The van der Waals surface area contributed by atoms with Gasteiger partial charge in [0.15, 0.2) is 0 Å². The number of ether oxygens (including phenoxy) is 4. The van der Waals surface area contributed by atoms with Crippen molar-refractivity contribution in [3.8, 4) is 0 Å². The molecule has 0 bridgehead atoms. The van der Waals surface area contributed by atoms with Crippen LogP contribution >= 0.6 is 0 Å². The Morgan fingerprint density at radius 3 is 2.18 bits per heavy atom. The third-order valence-electron chi connectivity index (χ3n) is 2.99. The van der Waals surface area contributed by atoms with Crippen molar-refractivity contribution in [3.05, 3.63) is 0 Å². The normalized spacial score (nSPS) is 25.9. The molecule has 0 aliphatic carbocycles. The molecule has 2 aliphatic rings. The standard InChI is InChI=1S/C12H23BO4/c1(2-5-14-7-11-9-16-11)3-13-4-6-15-8-12-10-17-12/h11-13H,1-10H2. The number of rotatable bonds is 12. The summed E-state index contributed by atoms with van der Waals surface area (Å²) in [5, 5.41) is 0. The Kier molecular flexibility index (Phi) is 6.34. The van der Waals surface area contributed by atoms with E-state index in [-0.39, 0.29) is 0 Å². The molecule has 2 heterocycles. The fourth-order valence-corrected chi connectivity index (χ4v) is 1.70. The van der Waals surface area contributed by atoms with E-state index < -0.39 is 0 Å². The highest BCUT2D eigenvalue weighted by Crippen LogP contribution is 2.09. The first kappa shape index (κ1) is 13.3. The summed E-state index contributed by atoms with van der Waals surface area (Å²) in [6, 6.07) is 0. The van der Waals surface area contributed by atoms with Gasteiger partial charge in [-0.15, -0.1) is 0 Å². The van der Waals surface area contributed by atoms with Crippen molar-refractivity contribution >= 4 is 7.28 Å². The van der Waals surface area contributed by atoms with Crippen molar-refractivity contribution in [2.45, 2.75) is 37.7 Å². The van der Waals surface area contributed by atoms with Crippen molar-refractivity contribution in [2.24, 2.45) is 0 Å². The molecule has 0 aromatic rings. The van der Waals surface area contributed by atoms with Gasteiger partial charge in [-0.1, -0.05) is 19.1 Å². The predicted molar refractivity (Wildman–Crippen MR) is 67.1 cm³/mol. The van der Waals surface area contributed by atoms with Crippen molar-refractivity contribution in [3.63, 3.8) is 0 Å². The number of hydrogen-bond acceptors (Lipinski definition) is 4. The van der Waals surface area contributed by atoms with Crippen LogP contribution in [0.4, 0.5) is 0 Å². The lowest BCUT2D eigenvalue weighted by atomic mass is 9.70. The van der Waals surface area contributed by atoms with Gasteiger partial charge in [0.05, 0.1) is 26.4 Å². The van der Waals surface area contributed by atoms with Crippen molar-refractivity contribution in [1.29, 1.82) is 0 Å². The van der Waals surface area contributed by atoms with Gasteiger partial charge < -0.3 is 18.9 Å². The molecular weight excluding hydrogens is 219 g/mol. The quantitative estimate of drug-likeness (QED) is 0.289. The summed E-state index contributed by atoms with van der Waals surface area (Å²) >= 11 is 0. The zero-order valence-electron chi connectivity index (χ0n) is 10.6. The Balaban J connectivity index is 1.20. The van der Waals surface area contributed by atoms with Gasteiger partial charge in [0.2, 0.25) is 0 Å². The molecule has 2 aliphatic heterocycles. The summed E-state index contributed by atoms with van der Waals surface area (Å²) in [6.07, 6.45) is 5.70. The first-order valence-electron chi connectivity index (χ1n) is 6.84. The molecule has 0 N–H and O–H groups in total. The van der Waals surface area contributed by atoms with Gasteiger partial charge in [-0.25, -0.2) is 0 Å². The third-order valence-corrected chi connectivity index (χ3v) is 2.99. The Bertz CT molecular complexity index is 175. The molecule has 4 nitrogen and oxygen atoms in total. The van der Waals surface area contributed by atoms with Gasteiger partial charge in [0.1, 0.15) is 19.5 Å². The SMILES string of the molecule is B(CCCCOCC1CO1)CCOCC1CO1. The highest BCUT2D eigenvalue weighted by atomic mass is 16.6. The van der Waals surface area contributed by atoms with Gasteiger partial charge in [-0.3, -0.25) is 0 Å². The van der Waals surface area contributed by atoms with Crippen LogP contribution in [-0.2, 0) is 18.9 Å². The van der Waals surface area contributed by atoms with E-state index in [1.165, 1.54) is 32.8 Å². The highest BCUT2D eigenvalue weighted by Gasteiger charge is 2.22. The summed E-state index contributed by atoms with van der Waals surface area (Å²) in [4.78, 5) is 0. The molecular formula is C12H23BO4.